The molecule has 0 heterocycles. The molecule has 0 unspecified atom stereocenters. The molecule has 0 aliphatic heterocycles. The maximum atomic E-state index is 11.9. The van der Waals surface area contributed by atoms with Crippen molar-refractivity contribution >= 4 is 22.9 Å². The van der Waals surface area contributed by atoms with Crippen LogP contribution < -0.4 is 14.9 Å². The fraction of sp³-hybridized carbons (Fsp3) is 0.143. The number of para-hydroxylation sites is 1. The number of ether oxygens (including phenoxy) is 2. The Bertz CT molecular complexity index is 951. The van der Waals surface area contributed by atoms with Crippen LogP contribution in [0.25, 0.3) is 10.8 Å². The molecule has 0 bridgehead atoms. The van der Waals surface area contributed by atoms with Crippen molar-refractivity contribution in [2.24, 2.45) is 5.10 Å². The molecule has 0 fully saturated rings. The molecule has 1 N–H and O–H groups in total. The molecule has 0 aromatic heterocycles. The lowest BCUT2D eigenvalue weighted by Gasteiger charge is -2.08. The van der Waals surface area contributed by atoms with E-state index in [1.807, 2.05) is 67.6 Å². The van der Waals surface area contributed by atoms with Gasteiger partial charge in [0.25, 0.3) is 5.91 Å². The number of nitrogens with one attached hydrogen (secondary N) is 1. The van der Waals surface area contributed by atoms with Crippen LogP contribution in [0.2, 0.25) is 0 Å². The monoisotopic (exact) mass is 348 g/mol. The Balaban J connectivity index is 1.64. The number of benzene rings is 3. The van der Waals surface area contributed by atoms with E-state index >= 15 is 0 Å². The molecule has 26 heavy (non-hydrogen) atoms. The molecule has 5 heteroatoms. The minimum absolute atomic E-state index is 0.0917. The summed E-state index contributed by atoms with van der Waals surface area (Å²) < 4.78 is 10.9. The van der Waals surface area contributed by atoms with E-state index in [1.165, 1.54) is 0 Å². The first-order chi connectivity index (χ1) is 12.7. The molecule has 0 spiro atoms. The van der Waals surface area contributed by atoms with Crippen molar-refractivity contribution in [3.05, 3.63) is 71.8 Å². The van der Waals surface area contributed by atoms with Gasteiger partial charge in [-0.1, -0.05) is 42.5 Å². The van der Waals surface area contributed by atoms with Crippen molar-refractivity contribution in [1.82, 2.24) is 5.43 Å². The van der Waals surface area contributed by atoms with Gasteiger partial charge in [-0.15, -0.1) is 0 Å². The maximum Gasteiger partial charge on any atom is 0.277 e. The summed E-state index contributed by atoms with van der Waals surface area (Å²) in [6, 6.07) is 19.2. The van der Waals surface area contributed by atoms with E-state index in [4.69, 9.17) is 9.47 Å². The van der Waals surface area contributed by atoms with Crippen molar-refractivity contribution in [3.8, 4) is 11.5 Å². The van der Waals surface area contributed by atoms with Gasteiger partial charge in [-0.2, -0.15) is 5.10 Å². The molecule has 1 amide bonds. The Morgan fingerprint density at radius 3 is 2.50 bits per heavy atom. The number of hydrogen-bond donors (Lipinski definition) is 1. The highest BCUT2D eigenvalue weighted by Crippen LogP contribution is 2.27. The highest BCUT2D eigenvalue weighted by Gasteiger charge is 2.05. The van der Waals surface area contributed by atoms with Crippen molar-refractivity contribution in [2.45, 2.75) is 6.92 Å². The first-order valence-electron chi connectivity index (χ1n) is 8.25. The summed E-state index contributed by atoms with van der Waals surface area (Å²) in [5.41, 5.74) is 4.36. The summed E-state index contributed by atoms with van der Waals surface area (Å²) in [5, 5.41) is 6.03. The molecule has 0 radical (unpaired) electrons. The molecule has 0 aliphatic rings. The van der Waals surface area contributed by atoms with Crippen molar-refractivity contribution < 1.29 is 14.3 Å². The van der Waals surface area contributed by atoms with Crippen LogP contribution in [0.1, 0.15) is 11.1 Å². The molecular weight excluding hydrogens is 328 g/mol. The van der Waals surface area contributed by atoms with E-state index in [9.17, 15) is 4.79 Å². The summed E-state index contributed by atoms with van der Waals surface area (Å²) in [4.78, 5) is 11.9. The highest BCUT2D eigenvalue weighted by atomic mass is 16.5. The number of aryl methyl sites for hydroxylation is 1. The summed E-state index contributed by atoms with van der Waals surface area (Å²) in [6.45, 7) is 1.84. The summed E-state index contributed by atoms with van der Waals surface area (Å²) in [7, 11) is 1.64. The second kappa shape index (κ2) is 8.16. The number of rotatable bonds is 6. The quantitative estimate of drug-likeness (QED) is 0.546. The minimum atomic E-state index is -0.317. The average Bonchev–Trinajstić information content (AvgIpc) is 2.67. The summed E-state index contributed by atoms with van der Waals surface area (Å²) in [5.74, 6) is 1.17. The van der Waals surface area contributed by atoms with Crippen LogP contribution in [0.4, 0.5) is 0 Å². The van der Waals surface area contributed by atoms with Gasteiger partial charge in [-0.3, -0.25) is 4.79 Å². The van der Waals surface area contributed by atoms with Crippen LogP contribution in [-0.2, 0) is 4.79 Å². The van der Waals surface area contributed by atoms with Crippen molar-refractivity contribution in [2.75, 3.05) is 13.7 Å². The second-order valence-corrected chi connectivity index (χ2v) is 5.75. The molecular formula is C21H20N2O3. The number of nitrogens with zero attached hydrogens (tertiary/aromatic N) is 1. The van der Waals surface area contributed by atoms with Gasteiger partial charge in [-0.25, -0.2) is 5.43 Å². The molecule has 0 saturated heterocycles. The van der Waals surface area contributed by atoms with E-state index < -0.39 is 0 Å². The highest BCUT2D eigenvalue weighted by molar-refractivity contribution is 6.02. The van der Waals surface area contributed by atoms with E-state index in [0.717, 1.165) is 27.6 Å². The number of fused-ring (bicyclic) bond motifs is 1. The minimum Gasteiger partial charge on any atom is -0.496 e. The standard InChI is InChI=1S/C21H20N2O3/c1-15-7-3-6-10-19(15)26-14-21(24)23-22-13-16-11-12-20(25-2)18-9-5-4-8-17(16)18/h3-13H,14H2,1-2H3,(H,23,24)/b22-13+. The zero-order chi connectivity index (χ0) is 18.4. The first kappa shape index (κ1) is 17.5. The number of hydrazone groups is 1. The van der Waals surface area contributed by atoms with Crippen LogP contribution in [-0.4, -0.2) is 25.8 Å². The number of carbonyl (C=O) groups is 1. The fourth-order valence-corrected chi connectivity index (χ4v) is 2.65. The third-order valence-corrected chi connectivity index (χ3v) is 3.98. The lowest BCUT2D eigenvalue weighted by Crippen LogP contribution is -2.24. The Labute approximate surface area is 152 Å². The van der Waals surface area contributed by atoms with Crippen molar-refractivity contribution in [3.63, 3.8) is 0 Å². The summed E-state index contributed by atoms with van der Waals surface area (Å²) in [6.07, 6.45) is 1.62. The van der Waals surface area contributed by atoms with Gasteiger partial charge in [0, 0.05) is 10.9 Å². The number of carbonyl (C=O) groups excluding carboxylic acids is 1. The third-order valence-electron chi connectivity index (χ3n) is 3.98. The van der Waals surface area contributed by atoms with Gasteiger partial charge in [0.1, 0.15) is 11.5 Å². The van der Waals surface area contributed by atoms with Crippen molar-refractivity contribution in [1.29, 1.82) is 0 Å². The second-order valence-electron chi connectivity index (χ2n) is 5.75. The number of amides is 1. The molecule has 5 nitrogen and oxygen atoms in total. The fourth-order valence-electron chi connectivity index (χ4n) is 2.65. The largest absolute Gasteiger partial charge is 0.496 e. The maximum absolute atomic E-state index is 11.9. The molecule has 132 valence electrons. The van der Waals surface area contributed by atoms with Gasteiger partial charge >= 0.3 is 0 Å². The first-order valence-corrected chi connectivity index (χ1v) is 8.25. The van der Waals surface area contributed by atoms with E-state index in [1.54, 1.807) is 13.3 Å². The lowest BCUT2D eigenvalue weighted by molar-refractivity contribution is -0.123. The SMILES string of the molecule is COc1ccc(/C=N/NC(=O)COc2ccccc2C)c2ccccc12. The zero-order valence-electron chi connectivity index (χ0n) is 14.7. The molecule has 0 aliphatic carbocycles. The Kier molecular flexibility index (Phi) is 5.49. The number of hydrogen-bond acceptors (Lipinski definition) is 4. The predicted molar refractivity (Wildman–Crippen MR) is 103 cm³/mol. The Hall–Kier alpha value is -3.34. The Morgan fingerprint density at radius 1 is 1.00 bits per heavy atom. The van der Waals surface area contributed by atoms with E-state index in [-0.39, 0.29) is 12.5 Å². The van der Waals surface area contributed by atoms with Gasteiger partial charge < -0.3 is 9.47 Å². The van der Waals surface area contributed by atoms with Crippen LogP contribution in [0.5, 0.6) is 11.5 Å². The lowest BCUT2D eigenvalue weighted by atomic mass is 10.0. The molecule has 3 aromatic rings. The van der Waals surface area contributed by atoms with Crippen LogP contribution in [0.15, 0.2) is 65.8 Å². The smallest absolute Gasteiger partial charge is 0.277 e. The Morgan fingerprint density at radius 2 is 1.73 bits per heavy atom. The predicted octanol–water partition coefficient (Wildman–Crippen LogP) is 3.69. The number of methoxy groups -OCH3 is 1. The molecule has 0 saturated carbocycles. The topological polar surface area (TPSA) is 59.9 Å². The molecule has 3 aromatic carbocycles. The van der Waals surface area contributed by atoms with Gasteiger partial charge in [0.05, 0.1) is 13.3 Å². The normalized spacial score (nSPS) is 10.8. The third kappa shape index (κ3) is 4.00. The summed E-state index contributed by atoms with van der Waals surface area (Å²) >= 11 is 0. The average molecular weight is 348 g/mol. The van der Waals surface area contributed by atoms with E-state index in [2.05, 4.69) is 10.5 Å². The molecule has 3 rings (SSSR count). The van der Waals surface area contributed by atoms with Crippen LogP contribution >= 0.6 is 0 Å². The van der Waals surface area contributed by atoms with Gasteiger partial charge in [-0.05, 0) is 36.1 Å². The zero-order valence-corrected chi connectivity index (χ0v) is 14.7. The van der Waals surface area contributed by atoms with E-state index in [0.29, 0.717) is 5.75 Å². The van der Waals surface area contributed by atoms with Crippen LogP contribution in [0, 0.1) is 6.92 Å². The van der Waals surface area contributed by atoms with Gasteiger partial charge in [0.15, 0.2) is 6.61 Å². The molecule has 0 atom stereocenters. The van der Waals surface area contributed by atoms with Gasteiger partial charge in [0.2, 0.25) is 0 Å². The van der Waals surface area contributed by atoms with Crippen LogP contribution in [0.3, 0.4) is 0 Å².